The van der Waals surface area contributed by atoms with E-state index < -0.39 is 0 Å². The van der Waals surface area contributed by atoms with Gasteiger partial charge in [0.2, 0.25) is 11.8 Å². The summed E-state index contributed by atoms with van der Waals surface area (Å²) in [7, 11) is 0. The molecule has 2 aromatic heterocycles. The van der Waals surface area contributed by atoms with E-state index in [1.54, 1.807) is 19.1 Å². The van der Waals surface area contributed by atoms with Gasteiger partial charge in [0.15, 0.2) is 0 Å². The minimum Gasteiger partial charge on any atom is -0.493 e. The fourth-order valence-electron chi connectivity index (χ4n) is 3.48. The molecule has 186 valence electrons. The number of oxazole rings is 1. The lowest BCUT2D eigenvalue weighted by molar-refractivity contribution is -0.116. The predicted molar refractivity (Wildman–Crippen MR) is 136 cm³/mol. The van der Waals surface area contributed by atoms with Crippen molar-refractivity contribution in [1.29, 1.82) is 0 Å². The molecule has 4 aromatic rings. The number of carbonyl (C=O) groups excluding carboxylic acids is 2. The zero-order valence-corrected chi connectivity index (χ0v) is 20.5. The number of amides is 2. The molecule has 0 fully saturated rings. The molecule has 9 heteroatoms. The van der Waals surface area contributed by atoms with Crippen molar-refractivity contribution in [3.63, 3.8) is 0 Å². The normalized spacial score (nSPS) is 10.9. The van der Waals surface area contributed by atoms with Crippen molar-refractivity contribution in [2.75, 3.05) is 11.9 Å². The Bertz CT molecular complexity index is 1330. The Morgan fingerprint density at radius 1 is 1.08 bits per heavy atom. The van der Waals surface area contributed by atoms with E-state index >= 15 is 0 Å². The Morgan fingerprint density at radius 3 is 2.58 bits per heavy atom. The van der Waals surface area contributed by atoms with Crippen molar-refractivity contribution in [1.82, 2.24) is 20.5 Å². The van der Waals surface area contributed by atoms with Crippen LogP contribution in [0, 0.1) is 6.92 Å². The lowest BCUT2D eigenvalue weighted by atomic mass is 10.1. The van der Waals surface area contributed by atoms with Crippen LogP contribution >= 0.6 is 0 Å². The van der Waals surface area contributed by atoms with Crippen LogP contribution < -0.4 is 15.4 Å². The second-order valence-electron chi connectivity index (χ2n) is 8.57. The highest BCUT2D eigenvalue weighted by molar-refractivity contribution is 5.94. The summed E-state index contributed by atoms with van der Waals surface area (Å²) in [4.78, 5) is 29.6. The Morgan fingerprint density at radius 2 is 1.83 bits per heavy atom. The number of aromatic amines is 1. The molecule has 0 spiro atoms. The van der Waals surface area contributed by atoms with Crippen molar-refractivity contribution in [2.24, 2.45) is 0 Å². The van der Waals surface area contributed by atoms with Crippen molar-refractivity contribution >= 4 is 17.5 Å². The van der Waals surface area contributed by atoms with Crippen LogP contribution in [0.5, 0.6) is 5.75 Å². The maximum Gasteiger partial charge on any atom is 0.272 e. The van der Waals surface area contributed by atoms with Gasteiger partial charge in [0, 0.05) is 5.69 Å². The van der Waals surface area contributed by atoms with Crippen LogP contribution in [-0.2, 0) is 11.3 Å². The zero-order chi connectivity index (χ0) is 25.5. The van der Waals surface area contributed by atoms with Gasteiger partial charge in [-0.1, -0.05) is 44.2 Å². The van der Waals surface area contributed by atoms with Crippen LogP contribution in [0.25, 0.3) is 11.5 Å². The Balaban J connectivity index is 1.38. The van der Waals surface area contributed by atoms with E-state index in [9.17, 15) is 9.59 Å². The third-order valence-electron chi connectivity index (χ3n) is 5.53. The molecule has 2 aromatic carbocycles. The Hall–Kier alpha value is -4.40. The summed E-state index contributed by atoms with van der Waals surface area (Å²) >= 11 is 0. The first-order valence-electron chi connectivity index (χ1n) is 11.8. The molecule has 3 N–H and O–H groups in total. The van der Waals surface area contributed by atoms with Gasteiger partial charge in [-0.3, -0.25) is 14.7 Å². The molecule has 0 saturated heterocycles. The van der Waals surface area contributed by atoms with E-state index in [-0.39, 0.29) is 37.3 Å². The monoisotopic (exact) mass is 487 g/mol. The molecular weight excluding hydrogens is 458 g/mol. The Kier molecular flexibility index (Phi) is 7.79. The van der Waals surface area contributed by atoms with Gasteiger partial charge < -0.3 is 19.8 Å². The first-order valence-corrected chi connectivity index (χ1v) is 11.8. The van der Waals surface area contributed by atoms with Crippen LogP contribution in [0.15, 0.2) is 65.1 Å². The molecule has 4 rings (SSSR count). The number of nitrogens with one attached hydrogen (secondary N) is 3. The number of aryl methyl sites for hydroxylation is 1. The molecule has 36 heavy (non-hydrogen) atoms. The standard InChI is InChI=1S/C27H29N5O4/c1-17(2)22-15-23(32-31-22)26(34)28-16-24-18(3)36-27(30-24)20-11-7-8-12-21(20)29-25(33)13-14-35-19-9-5-4-6-10-19/h4-12,15,17H,13-14,16H2,1-3H3,(H,28,34)(H,29,33)(H,31,32). The summed E-state index contributed by atoms with van der Waals surface area (Å²) < 4.78 is 11.5. The van der Waals surface area contributed by atoms with E-state index in [2.05, 4.69) is 25.8 Å². The number of aromatic nitrogens is 3. The molecule has 0 aliphatic carbocycles. The number of nitrogens with zero attached hydrogens (tertiary/aromatic N) is 2. The number of rotatable bonds is 10. The Labute approximate surface area is 209 Å². The van der Waals surface area contributed by atoms with Crippen LogP contribution in [0.4, 0.5) is 5.69 Å². The molecule has 9 nitrogen and oxygen atoms in total. The summed E-state index contributed by atoms with van der Waals surface area (Å²) in [6, 6.07) is 18.4. The SMILES string of the molecule is Cc1oc(-c2ccccc2NC(=O)CCOc2ccccc2)nc1CNC(=O)c1cc(C(C)C)[nH]n1. The van der Waals surface area contributed by atoms with E-state index in [4.69, 9.17) is 9.15 Å². The summed E-state index contributed by atoms with van der Waals surface area (Å²) in [6.45, 7) is 6.27. The van der Waals surface area contributed by atoms with Gasteiger partial charge in [0.05, 0.1) is 30.8 Å². The maximum atomic E-state index is 12.5. The van der Waals surface area contributed by atoms with Gasteiger partial charge in [-0.25, -0.2) is 4.98 Å². The zero-order valence-electron chi connectivity index (χ0n) is 20.5. The van der Waals surface area contributed by atoms with Gasteiger partial charge in [0.25, 0.3) is 5.91 Å². The second-order valence-corrected chi connectivity index (χ2v) is 8.57. The van der Waals surface area contributed by atoms with Crippen LogP contribution in [0.2, 0.25) is 0 Å². The number of hydrogen-bond donors (Lipinski definition) is 3. The molecule has 0 radical (unpaired) electrons. The topological polar surface area (TPSA) is 122 Å². The summed E-state index contributed by atoms with van der Waals surface area (Å²) in [5.41, 5.74) is 3.03. The first-order chi connectivity index (χ1) is 17.4. The van der Waals surface area contributed by atoms with E-state index in [0.29, 0.717) is 40.0 Å². The molecule has 0 atom stereocenters. The van der Waals surface area contributed by atoms with Gasteiger partial charge in [0.1, 0.15) is 22.9 Å². The van der Waals surface area contributed by atoms with Crippen molar-refractivity contribution in [2.45, 2.75) is 39.7 Å². The van der Waals surface area contributed by atoms with Crippen LogP contribution in [0.3, 0.4) is 0 Å². The number of H-pyrrole nitrogens is 1. The summed E-state index contributed by atoms with van der Waals surface area (Å²) in [6.07, 6.45) is 0.191. The van der Waals surface area contributed by atoms with E-state index in [0.717, 1.165) is 5.69 Å². The highest BCUT2D eigenvalue weighted by Crippen LogP contribution is 2.29. The fourth-order valence-corrected chi connectivity index (χ4v) is 3.48. The summed E-state index contributed by atoms with van der Waals surface area (Å²) in [5.74, 6) is 1.41. The largest absolute Gasteiger partial charge is 0.493 e. The van der Waals surface area contributed by atoms with Crippen LogP contribution in [0.1, 0.15) is 53.8 Å². The third-order valence-corrected chi connectivity index (χ3v) is 5.53. The average molecular weight is 488 g/mol. The number of anilines is 1. The number of carbonyl (C=O) groups is 2. The fraction of sp³-hybridized carbons (Fsp3) is 0.259. The number of benzene rings is 2. The quantitative estimate of drug-likeness (QED) is 0.294. The molecule has 2 amide bonds. The predicted octanol–water partition coefficient (Wildman–Crippen LogP) is 4.83. The van der Waals surface area contributed by atoms with Crippen molar-refractivity contribution in [3.05, 3.63) is 83.5 Å². The van der Waals surface area contributed by atoms with Gasteiger partial charge in [-0.05, 0) is 43.2 Å². The van der Waals surface area contributed by atoms with E-state index in [1.807, 2.05) is 62.4 Å². The molecule has 0 aliphatic heterocycles. The highest BCUT2D eigenvalue weighted by atomic mass is 16.5. The minimum atomic E-state index is -0.299. The number of ether oxygens (including phenoxy) is 1. The number of para-hydroxylation sites is 2. The first kappa shape index (κ1) is 24.7. The molecule has 0 unspecified atom stereocenters. The lowest BCUT2D eigenvalue weighted by Gasteiger charge is -2.09. The molecule has 2 heterocycles. The van der Waals surface area contributed by atoms with Crippen molar-refractivity contribution < 1.29 is 18.7 Å². The second kappa shape index (κ2) is 11.4. The van der Waals surface area contributed by atoms with E-state index in [1.165, 1.54) is 0 Å². The van der Waals surface area contributed by atoms with Crippen molar-refractivity contribution in [3.8, 4) is 17.2 Å². The van der Waals surface area contributed by atoms with Gasteiger partial charge >= 0.3 is 0 Å². The minimum absolute atomic E-state index is 0.184. The highest BCUT2D eigenvalue weighted by Gasteiger charge is 2.18. The third kappa shape index (κ3) is 6.18. The smallest absolute Gasteiger partial charge is 0.272 e. The lowest BCUT2D eigenvalue weighted by Crippen LogP contribution is -2.23. The van der Waals surface area contributed by atoms with Gasteiger partial charge in [-0.2, -0.15) is 5.10 Å². The molecule has 0 bridgehead atoms. The van der Waals surface area contributed by atoms with Gasteiger partial charge in [-0.15, -0.1) is 0 Å². The summed E-state index contributed by atoms with van der Waals surface area (Å²) in [5, 5.41) is 12.7. The van der Waals surface area contributed by atoms with Crippen LogP contribution in [-0.4, -0.2) is 33.6 Å². The average Bonchev–Trinajstić information content (AvgIpc) is 3.51. The molecule has 0 aliphatic rings. The number of hydrogen-bond acceptors (Lipinski definition) is 6. The molecular formula is C27H29N5O4. The maximum absolute atomic E-state index is 12.5. The molecule has 0 saturated carbocycles.